The lowest BCUT2D eigenvalue weighted by molar-refractivity contribution is -0.143. The number of nitrogens with one attached hydrogen (secondary N) is 1. The van der Waals surface area contributed by atoms with E-state index in [9.17, 15) is 26.4 Å². The van der Waals surface area contributed by atoms with Gasteiger partial charge in [0.05, 0.1) is 29.0 Å². The fourth-order valence-corrected chi connectivity index (χ4v) is 4.51. The maximum Gasteiger partial charge on any atom is 0.434 e. The van der Waals surface area contributed by atoms with Gasteiger partial charge in [-0.1, -0.05) is 17.7 Å². The molecule has 2 aromatic rings. The van der Waals surface area contributed by atoms with Crippen molar-refractivity contribution in [3.8, 4) is 5.69 Å². The number of benzene rings is 1. The van der Waals surface area contributed by atoms with Crippen molar-refractivity contribution < 1.29 is 26.4 Å². The van der Waals surface area contributed by atoms with Crippen LogP contribution in [0.5, 0.6) is 0 Å². The SMILES string of the molecule is Cc1ccc(-n2ncc(C(=O)NC3CCS(=O)(=O)C3)c2C(F)(F)F)cc1. The van der Waals surface area contributed by atoms with Gasteiger partial charge in [-0.15, -0.1) is 0 Å². The molecular weight excluding hydrogens is 371 g/mol. The van der Waals surface area contributed by atoms with Crippen molar-refractivity contribution in [2.24, 2.45) is 0 Å². The molecule has 10 heteroatoms. The Morgan fingerprint density at radius 3 is 2.46 bits per heavy atom. The van der Waals surface area contributed by atoms with E-state index in [0.717, 1.165) is 11.8 Å². The van der Waals surface area contributed by atoms with E-state index in [0.29, 0.717) is 4.68 Å². The van der Waals surface area contributed by atoms with Crippen LogP contribution in [-0.4, -0.2) is 41.7 Å². The number of hydrogen-bond donors (Lipinski definition) is 1. The summed E-state index contributed by atoms with van der Waals surface area (Å²) in [6.45, 7) is 1.80. The molecule has 2 heterocycles. The molecule has 1 aliphatic rings. The van der Waals surface area contributed by atoms with Crippen LogP contribution in [0, 0.1) is 6.92 Å². The molecule has 1 saturated heterocycles. The summed E-state index contributed by atoms with van der Waals surface area (Å²) in [5, 5.41) is 6.09. The molecule has 1 atom stereocenters. The highest BCUT2D eigenvalue weighted by Gasteiger charge is 2.41. The number of amides is 1. The van der Waals surface area contributed by atoms with Gasteiger partial charge in [0, 0.05) is 6.04 Å². The minimum Gasteiger partial charge on any atom is -0.348 e. The van der Waals surface area contributed by atoms with Crippen molar-refractivity contribution in [2.75, 3.05) is 11.5 Å². The van der Waals surface area contributed by atoms with Gasteiger partial charge in [-0.2, -0.15) is 18.3 Å². The number of rotatable bonds is 3. The van der Waals surface area contributed by atoms with Gasteiger partial charge in [0.2, 0.25) is 0 Å². The predicted molar refractivity (Wildman–Crippen MR) is 87.8 cm³/mol. The van der Waals surface area contributed by atoms with Crippen molar-refractivity contribution in [2.45, 2.75) is 25.6 Å². The average Bonchev–Trinajstić information content (AvgIpc) is 3.11. The second kappa shape index (κ2) is 6.42. The van der Waals surface area contributed by atoms with E-state index < -0.39 is 39.2 Å². The van der Waals surface area contributed by atoms with Crippen LogP contribution in [0.15, 0.2) is 30.5 Å². The van der Waals surface area contributed by atoms with E-state index in [1.165, 1.54) is 12.1 Å². The molecular formula is C16H16F3N3O3S. The first-order valence-corrected chi connectivity index (χ1v) is 9.62. The fourth-order valence-electron chi connectivity index (χ4n) is 2.84. The number of aryl methyl sites for hydroxylation is 1. The number of carbonyl (C=O) groups is 1. The predicted octanol–water partition coefficient (Wildman–Crippen LogP) is 2.12. The summed E-state index contributed by atoms with van der Waals surface area (Å²) in [5.41, 5.74) is -0.789. The molecule has 0 spiro atoms. The Bertz CT molecular complexity index is 934. The van der Waals surface area contributed by atoms with E-state index in [1.54, 1.807) is 19.1 Å². The Morgan fingerprint density at radius 1 is 1.27 bits per heavy atom. The van der Waals surface area contributed by atoms with E-state index in [2.05, 4.69) is 10.4 Å². The molecule has 0 saturated carbocycles. The van der Waals surface area contributed by atoms with E-state index in [4.69, 9.17) is 0 Å². The van der Waals surface area contributed by atoms with Gasteiger partial charge in [0.15, 0.2) is 15.5 Å². The molecule has 0 radical (unpaired) electrons. The molecule has 26 heavy (non-hydrogen) atoms. The molecule has 0 aliphatic carbocycles. The molecule has 1 unspecified atom stereocenters. The topological polar surface area (TPSA) is 81.1 Å². The second-order valence-corrected chi connectivity index (χ2v) is 8.45. The summed E-state index contributed by atoms with van der Waals surface area (Å²) >= 11 is 0. The lowest BCUT2D eigenvalue weighted by Crippen LogP contribution is -2.36. The summed E-state index contributed by atoms with van der Waals surface area (Å²) < 4.78 is 64.3. The van der Waals surface area contributed by atoms with Gasteiger partial charge in [-0.25, -0.2) is 13.1 Å². The lowest BCUT2D eigenvalue weighted by Gasteiger charge is -2.14. The summed E-state index contributed by atoms with van der Waals surface area (Å²) in [5.74, 6) is -1.35. The van der Waals surface area contributed by atoms with Gasteiger partial charge >= 0.3 is 6.18 Å². The smallest absolute Gasteiger partial charge is 0.348 e. The normalized spacial score (nSPS) is 19.5. The van der Waals surface area contributed by atoms with Crippen LogP contribution in [0.3, 0.4) is 0 Å². The Morgan fingerprint density at radius 2 is 1.92 bits per heavy atom. The summed E-state index contributed by atoms with van der Waals surface area (Å²) in [4.78, 5) is 12.3. The Labute approximate surface area is 147 Å². The van der Waals surface area contributed by atoms with Crippen LogP contribution in [0.2, 0.25) is 0 Å². The van der Waals surface area contributed by atoms with Crippen molar-refractivity contribution in [3.63, 3.8) is 0 Å². The van der Waals surface area contributed by atoms with Gasteiger partial charge in [0.25, 0.3) is 5.91 Å². The minimum absolute atomic E-state index is 0.0906. The van der Waals surface area contributed by atoms with Crippen LogP contribution in [0.25, 0.3) is 5.69 Å². The first-order chi connectivity index (χ1) is 12.1. The monoisotopic (exact) mass is 387 g/mol. The van der Waals surface area contributed by atoms with E-state index in [-0.39, 0.29) is 23.6 Å². The van der Waals surface area contributed by atoms with E-state index >= 15 is 0 Å². The van der Waals surface area contributed by atoms with Gasteiger partial charge in [-0.05, 0) is 25.5 Å². The number of hydrogen-bond acceptors (Lipinski definition) is 4. The van der Waals surface area contributed by atoms with Crippen LogP contribution in [-0.2, 0) is 16.0 Å². The molecule has 140 valence electrons. The number of carbonyl (C=O) groups excluding carboxylic acids is 1. The zero-order valence-corrected chi connectivity index (χ0v) is 14.6. The van der Waals surface area contributed by atoms with Gasteiger partial charge < -0.3 is 5.32 Å². The summed E-state index contributed by atoms with van der Waals surface area (Å²) in [6, 6.07) is 5.53. The molecule has 1 aromatic heterocycles. The Hall–Kier alpha value is -2.36. The number of alkyl halides is 3. The van der Waals surface area contributed by atoms with E-state index in [1.807, 2.05) is 0 Å². The zero-order valence-electron chi connectivity index (χ0n) is 13.7. The van der Waals surface area contributed by atoms with Crippen LogP contribution in [0.4, 0.5) is 13.2 Å². The third kappa shape index (κ3) is 3.74. The first-order valence-electron chi connectivity index (χ1n) is 7.80. The second-order valence-electron chi connectivity index (χ2n) is 6.23. The first kappa shape index (κ1) is 18.4. The lowest BCUT2D eigenvalue weighted by atomic mass is 10.2. The average molecular weight is 387 g/mol. The van der Waals surface area contributed by atoms with Crippen LogP contribution >= 0.6 is 0 Å². The van der Waals surface area contributed by atoms with Gasteiger partial charge in [-0.3, -0.25) is 4.79 Å². The standard InChI is InChI=1S/C16H16F3N3O3S/c1-10-2-4-12(5-3-10)22-14(16(17,18)19)13(8-20-22)15(23)21-11-6-7-26(24,25)9-11/h2-5,8,11H,6-7,9H2,1H3,(H,21,23). The van der Waals surface area contributed by atoms with Crippen molar-refractivity contribution in [1.82, 2.24) is 15.1 Å². The molecule has 0 bridgehead atoms. The highest BCUT2D eigenvalue weighted by molar-refractivity contribution is 7.91. The molecule has 1 N–H and O–H groups in total. The number of sulfone groups is 1. The zero-order chi connectivity index (χ0) is 19.1. The molecule has 1 fully saturated rings. The van der Waals surface area contributed by atoms with Crippen molar-refractivity contribution in [1.29, 1.82) is 0 Å². The van der Waals surface area contributed by atoms with Crippen LogP contribution in [0.1, 0.15) is 28.0 Å². The largest absolute Gasteiger partial charge is 0.434 e. The molecule has 1 amide bonds. The fraction of sp³-hybridized carbons (Fsp3) is 0.375. The van der Waals surface area contributed by atoms with Crippen molar-refractivity contribution >= 4 is 15.7 Å². The molecule has 6 nitrogen and oxygen atoms in total. The summed E-state index contributed by atoms with van der Waals surface area (Å²) in [7, 11) is -3.26. The molecule has 1 aliphatic heterocycles. The number of aromatic nitrogens is 2. The minimum atomic E-state index is -4.81. The number of nitrogens with zero attached hydrogens (tertiary/aromatic N) is 2. The Balaban J connectivity index is 1.95. The quantitative estimate of drug-likeness (QED) is 0.875. The molecule has 3 rings (SSSR count). The highest BCUT2D eigenvalue weighted by atomic mass is 32.2. The maximum absolute atomic E-state index is 13.6. The van der Waals surface area contributed by atoms with Gasteiger partial charge in [0.1, 0.15) is 0 Å². The third-order valence-corrected chi connectivity index (χ3v) is 5.90. The van der Waals surface area contributed by atoms with Crippen LogP contribution < -0.4 is 5.32 Å². The summed E-state index contributed by atoms with van der Waals surface area (Å²) in [6.07, 6.45) is -3.78. The highest BCUT2D eigenvalue weighted by Crippen LogP contribution is 2.33. The third-order valence-electron chi connectivity index (χ3n) is 4.13. The number of halogens is 3. The van der Waals surface area contributed by atoms with Crippen molar-refractivity contribution in [3.05, 3.63) is 47.3 Å². The molecule has 1 aromatic carbocycles. The maximum atomic E-state index is 13.6. The Kier molecular flexibility index (Phi) is 4.55.